The van der Waals surface area contributed by atoms with Crippen molar-refractivity contribution in [1.29, 1.82) is 0 Å². The van der Waals surface area contributed by atoms with Gasteiger partial charge in [-0.25, -0.2) is 0 Å². The first-order chi connectivity index (χ1) is 5.17. The highest BCUT2D eigenvalue weighted by atomic mass is 28.4. The SMILES string of the molecule is CO[Si](C)(C)C1=CCCCC1. The molecule has 0 unspecified atom stereocenters. The number of rotatable bonds is 2. The summed E-state index contributed by atoms with van der Waals surface area (Å²) >= 11 is 0. The predicted molar refractivity (Wildman–Crippen MR) is 51.0 cm³/mol. The van der Waals surface area contributed by atoms with Crippen LogP contribution in [0.3, 0.4) is 0 Å². The monoisotopic (exact) mass is 170 g/mol. The van der Waals surface area contributed by atoms with Crippen molar-refractivity contribution in [3.63, 3.8) is 0 Å². The zero-order valence-corrected chi connectivity index (χ0v) is 8.81. The van der Waals surface area contributed by atoms with Crippen LogP contribution in [0.15, 0.2) is 11.3 Å². The first-order valence-electron chi connectivity index (χ1n) is 4.41. The third-order valence-corrected chi connectivity index (χ3v) is 5.60. The lowest BCUT2D eigenvalue weighted by molar-refractivity contribution is 0.409. The molecule has 0 amide bonds. The van der Waals surface area contributed by atoms with Gasteiger partial charge in [0.2, 0.25) is 8.32 Å². The smallest absolute Gasteiger partial charge is 0.213 e. The van der Waals surface area contributed by atoms with Gasteiger partial charge < -0.3 is 4.43 Å². The van der Waals surface area contributed by atoms with E-state index in [2.05, 4.69) is 19.2 Å². The molecule has 0 aromatic carbocycles. The Morgan fingerprint density at radius 1 is 1.36 bits per heavy atom. The summed E-state index contributed by atoms with van der Waals surface area (Å²) in [6, 6.07) is 0. The molecule has 0 aromatic heterocycles. The maximum absolute atomic E-state index is 5.55. The minimum absolute atomic E-state index is 1.27. The highest BCUT2D eigenvalue weighted by molar-refractivity contribution is 6.78. The van der Waals surface area contributed by atoms with Gasteiger partial charge in [0.15, 0.2) is 0 Å². The molecule has 0 fully saturated rings. The van der Waals surface area contributed by atoms with Gasteiger partial charge >= 0.3 is 0 Å². The molecule has 0 bridgehead atoms. The summed E-state index contributed by atoms with van der Waals surface area (Å²) in [5.74, 6) is 0. The van der Waals surface area contributed by atoms with E-state index in [-0.39, 0.29) is 0 Å². The molecule has 2 heteroatoms. The van der Waals surface area contributed by atoms with E-state index in [1.54, 1.807) is 5.20 Å². The van der Waals surface area contributed by atoms with Crippen LogP contribution in [-0.2, 0) is 4.43 Å². The molecule has 0 radical (unpaired) electrons. The average molecular weight is 170 g/mol. The van der Waals surface area contributed by atoms with Crippen LogP contribution in [-0.4, -0.2) is 15.4 Å². The third-order valence-electron chi connectivity index (χ3n) is 2.57. The zero-order valence-electron chi connectivity index (χ0n) is 7.81. The fraction of sp³-hybridized carbons (Fsp3) is 0.778. The van der Waals surface area contributed by atoms with Gasteiger partial charge in [-0.05, 0) is 38.8 Å². The predicted octanol–water partition coefficient (Wildman–Crippen LogP) is 2.88. The molecule has 1 aliphatic carbocycles. The van der Waals surface area contributed by atoms with Gasteiger partial charge in [-0.1, -0.05) is 11.3 Å². The topological polar surface area (TPSA) is 9.23 Å². The van der Waals surface area contributed by atoms with Gasteiger partial charge in [0.05, 0.1) is 0 Å². The molecular formula is C9H18OSi. The van der Waals surface area contributed by atoms with Crippen molar-refractivity contribution in [3.8, 4) is 0 Å². The summed E-state index contributed by atoms with van der Waals surface area (Å²) in [5.41, 5.74) is 0. The summed E-state index contributed by atoms with van der Waals surface area (Å²) in [5, 5.41) is 1.62. The lowest BCUT2D eigenvalue weighted by atomic mass is 10.1. The van der Waals surface area contributed by atoms with Crippen LogP contribution in [0.4, 0.5) is 0 Å². The highest BCUT2D eigenvalue weighted by Crippen LogP contribution is 2.26. The second-order valence-corrected chi connectivity index (χ2v) is 7.76. The molecule has 1 nitrogen and oxygen atoms in total. The van der Waals surface area contributed by atoms with Crippen LogP contribution in [0.5, 0.6) is 0 Å². The Bertz CT molecular complexity index is 161. The summed E-state index contributed by atoms with van der Waals surface area (Å²) in [7, 11) is 0.434. The molecule has 0 aromatic rings. The van der Waals surface area contributed by atoms with Crippen LogP contribution in [0.2, 0.25) is 13.1 Å². The molecule has 1 aliphatic rings. The third kappa shape index (κ3) is 2.17. The lowest BCUT2D eigenvalue weighted by Crippen LogP contribution is -2.32. The fourth-order valence-corrected chi connectivity index (χ4v) is 3.19. The van der Waals surface area contributed by atoms with E-state index in [0.717, 1.165) is 0 Å². The molecule has 11 heavy (non-hydrogen) atoms. The van der Waals surface area contributed by atoms with Gasteiger partial charge in [0.1, 0.15) is 0 Å². The summed E-state index contributed by atoms with van der Waals surface area (Å²) in [6.45, 7) is 4.56. The van der Waals surface area contributed by atoms with E-state index < -0.39 is 8.32 Å². The zero-order chi connectivity index (χ0) is 8.32. The van der Waals surface area contributed by atoms with Gasteiger partial charge in [-0.2, -0.15) is 0 Å². The van der Waals surface area contributed by atoms with Gasteiger partial charge in [0, 0.05) is 7.11 Å². The van der Waals surface area contributed by atoms with Crippen molar-refractivity contribution in [2.75, 3.05) is 7.11 Å². The Hall–Kier alpha value is -0.0831. The van der Waals surface area contributed by atoms with Gasteiger partial charge in [0.25, 0.3) is 0 Å². The van der Waals surface area contributed by atoms with Crippen molar-refractivity contribution in [1.82, 2.24) is 0 Å². The maximum Gasteiger partial charge on any atom is 0.213 e. The number of hydrogen-bond donors (Lipinski definition) is 0. The molecule has 0 heterocycles. The summed E-state index contributed by atoms with van der Waals surface area (Å²) in [4.78, 5) is 0. The van der Waals surface area contributed by atoms with Crippen LogP contribution in [0.25, 0.3) is 0 Å². The molecule has 0 atom stereocenters. The number of allylic oxidation sites excluding steroid dienone is 2. The van der Waals surface area contributed by atoms with Crippen molar-refractivity contribution >= 4 is 8.32 Å². The van der Waals surface area contributed by atoms with Crippen LogP contribution in [0, 0.1) is 0 Å². The lowest BCUT2D eigenvalue weighted by Gasteiger charge is -2.26. The van der Waals surface area contributed by atoms with Crippen molar-refractivity contribution in [3.05, 3.63) is 11.3 Å². The Labute approximate surface area is 70.6 Å². The molecular weight excluding hydrogens is 152 g/mol. The minimum atomic E-state index is -1.42. The Balaban J connectivity index is 2.64. The van der Waals surface area contributed by atoms with Crippen molar-refractivity contribution in [2.45, 2.75) is 38.8 Å². The quantitative estimate of drug-likeness (QED) is 0.579. The Morgan fingerprint density at radius 3 is 2.55 bits per heavy atom. The average Bonchev–Trinajstić information content (AvgIpc) is 2.06. The fourth-order valence-electron chi connectivity index (χ4n) is 1.52. The summed E-state index contributed by atoms with van der Waals surface area (Å²) < 4.78 is 5.55. The Kier molecular flexibility index (Phi) is 2.90. The van der Waals surface area contributed by atoms with Crippen LogP contribution in [0.1, 0.15) is 25.7 Å². The van der Waals surface area contributed by atoms with Crippen LogP contribution < -0.4 is 0 Å². The van der Waals surface area contributed by atoms with E-state index in [1.165, 1.54) is 25.7 Å². The van der Waals surface area contributed by atoms with E-state index in [9.17, 15) is 0 Å². The normalized spacial score (nSPS) is 19.7. The minimum Gasteiger partial charge on any atom is -0.416 e. The molecule has 1 rings (SSSR count). The number of hydrogen-bond acceptors (Lipinski definition) is 1. The molecule has 0 saturated heterocycles. The molecule has 0 spiro atoms. The second kappa shape index (κ2) is 3.54. The molecule has 0 aliphatic heterocycles. The first-order valence-corrected chi connectivity index (χ1v) is 7.32. The van der Waals surface area contributed by atoms with E-state index in [1.807, 2.05) is 7.11 Å². The molecule has 64 valence electrons. The molecule has 0 saturated carbocycles. The van der Waals surface area contributed by atoms with E-state index in [4.69, 9.17) is 4.43 Å². The maximum atomic E-state index is 5.55. The van der Waals surface area contributed by atoms with E-state index >= 15 is 0 Å². The van der Waals surface area contributed by atoms with Gasteiger partial charge in [-0.15, -0.1) is 0 Å². The first kappa shape index (κ1) is 9.01. The highest BCUT2D eigenvalue weighted by Gasteiger charge is 2.26. The van der Waals surface area contributed by atoms with Crippen molar-refractivity contribution < 1.29 is 4.43 Å². The summed E-state index contributed by atoms with van der Waals surface area (Å²) in [6.07, 6.45) is 7.70. The Morgan fingerprint density at radius 2 is 2.09 bits per heavy atom. The van der Waals surface area contributed by atoms with Crippen LogP contribution >= 0.6 is 0 Å². The van der Waals surface area contributed by atoms with Crippen molar-refractivity contribution in [2.24, 2.45) is 0 Å². The second-order valence-electron chi connectivity index (χ2n) is 3.69. The van der Waals surface area contributed by atoms with Gasteiger partial charge in [-0.3, -0.25) is 0 Å². The van der Waals surface area contributed by atoms with E-state index in [0.29, 0.717) is 0 Å². The molecule has 0 N–H and O–H groups in total. The standard InChI is InChI=1S/C9H18OSi/c1-10-11(2,3)9-7-5-4-6-8-9/h7H,4-6,8H2,1-3H3. The largest absolute Gasteiger partial charge is 0.416 e.